The van der Waals surface area contributed by atoms with E-state index in [9.17, 15) is 4.79 Å². The number of nitrogens with zero attached hydrogens (tertiary/aromatic N) is 6. The van der Waals surface area contributed by atoms with Crippen molar-refractivity contribution in [3.8, 4) is 11.3 Å². The number of fused-ring (bicyclic) bond motifs is 2. The van der Waals surface area contributed by atoms with Crippen LogP contribution in [0.4, 0.5) is 5.95 Å². The van der Waals surface area contributed by atoms with Gasteiger partial charge in [0.05, 0.1) is 30.5 Å². The second-order valence-electron chi connectivity index (χ2n) is 7.86. The summed E-state index contributed by atoms with van der Waals surface area (Å²) in [5.41, 5.74) is 3.51. The fourth-order valence-electron chi connectivity index (χ4n) is 4.18. The summed E-state index contributed by atoms with van der Waals surface area (Å²) in [7, 11) is 0. The fourth-order valence-corrected chi connectivity index (χ4v) is 4.18. The van der Waals surface area contributed by atoms with Crippen LogP contribution in [0.15, 0.2) is 36.7 Å². The molecule has 32 heavy (non-hydrogen) atoms. The van der Waals surface area contributed by atoms with Gasteiger partial charge < -0.3 is 19.5 Å². The second-order valence-corrected chi connectivity index (χ2v) is 7.86. The van der Waals surface area contributed by atoms with Gasteiger partial charge in [-0.3, -0.25) is 4.79 Å². The maximum atomic E-state index is 12.8. The first-order valence-electron chi connectivity index (χ1n) is 11.1. The van der Waals surface area contributed by atoms with Crippen LogP contribution in [-0.4, -0.2) is 74.9 Å². The molecular formula is C23H27N7O2. The van der Waals surface area contributed by atoms with E-state index in [4.69, 9.17) is 14.7 Å². The Kier molecular flexibility index (Phi) is 5.48. The number of H-pyrrole nitrogens is 1. The SMILES string of the molecule is CCN(CC)C(=O)Cn1ncc2c(-c3ccc4cc[nH]c4c3)nc(N3CCOCC3)nc21. The zero-order valence-corrected chi connectivity index (χ0v) is 18.4. The van der Waals surface area contributed by atoms with Gasteiger partial charge in [0.2, 0.25) is 11.9 Å². The number of nitrogens with one attached hydrogen (secondary N) is 1. The molecule has 0 spiro atoms. The van der Waals surface area contributed by atoms with Crippen molar-refractivity contribution in [2.45, 2.75) is 20.4 Å². The number of amides is 1. The Hall–Kier alpha value is -3.46. The highest BCUT2D eigenvalue weighted by molar-refractivity contribution is 5.94. The van der Waals surface area contributed by atoms with Crippen LogP contribution >= 0.6 is 0 Å². The number of carbonyl (C=O) groups excluding carboxylic acids is 1. The van der Waals surface area contributed by atoms with Crippen LogP contribution in [0.25, 0.3) is 33.2 Å². The van der Waals surface area contributed by atoms with Gasteiger partial charge in [-0.1, -0.05) is 12.1 Å². The second kappa shape index (κ2) is 8.58. The molecule has 0 bridgehead atoms. The third-order valence-electron chi connectivity index (χ3n) is 6.01. The van der Waals surface area contributed by atoms with Gasteiger partial charge in [-0.25, -0.2) is 9.67 Å². The molecule has 1 fully saturated rings. The Morgan fingerprint density at radius 1 is 1.16 bits per heavy atom. The maximum absolute atomic E-state index is 12.8. The van der Waals surface area contributed by atoms with Crippen LogP contribution in [0.1, 0.15) is 13.8 Å². The largest absolute Gasteiger partial charge is 0.378 e. The highest BCUT2D eigenvalue weighted by Crippen LogP contribution is 2.30. The van der Waals surface area contributed by atoms with E-state index in [-0.39, 0.29) is 12.5 Å². The number of ether oxygens (including phenoxy) is 1. The van der Waals surface area contributed by atoms with Gasteiger partial charge in [-0.2, -0.15) is 10.1 Å². The zero-order chi connectivity index (χ0) is 22.1. The Bertz CT molecular complexity index is 1250. The Morgan fingerprint density at radius 3 is 2.75 bits per heavy atom. The molecule has 1 saturated heterocycles. The molecule has 5 rings (SSSR count). The summed E-state index contributed by atoms with van der Waals surface area (Å²) in [4.78, 5) is 29.8. The van der Waals surface area contributed by atoms with Gasteiger partial charge in [0.25, 0.3) is 0 Å². The number of rotatable bonds is 6. The van der Waals surface area contributed by atoms with E-state index < -0.39 is 0 Å². The van der Waals surface area contributed by atoms with Crippen molar-refractivity contribution in [1.82, 2.24) is 29.6 Å². The van der Waals surface area contributed by atoms with E-state index in [1.54, 1.807) is 15.8 Å². The molecule has 1 aliphatic heterocycles. The molecule has 9 heteroatoms. The van der Waals surface area contributed by atoms with E-state index in [0.717, 1.165) is 40.6 Å². The molecule has 4 aromatic rings. The van der Waals surface area contributed by atoms with E-state index in [1.807, 2.05) is 26.1 Å². The van der Waals surface area contributed by atoms with Gasteiger partial charge in [0.1, 0.15) is 6.54 Å². The van der Waals surface area contributed by atoms with Crippen molar-refractivity contribution in [1.29, 1.82) is 0 Å². The van der Waals surface area contributed by atoms with Crippen LogP contribution in [0.5, 0.6) is 0 Å². The number of likely N-dealkylation sites (N-methyl/N-ethyl adjacent to an activating group) is 1. The van der Waals surface area contributed by atoms with E-state index >= 15 is 0 Å². The van der Waals surface area contributed by atoms with Crippen LogP contribution in [0.2, 0.25) is 0 Å². The van der Waals surface area contributed by atoms with Crippen LogP contribution in [0.3, 0.4) is 0 Å². The molecule has 1 aliphatic rings. The lowest BCUT2D eigenvalue weighted by Crippen LogP contribution is -2.37. The lowest BCUT2D eigenvalue weighted by atomic mass is 10.1. The minimum absolute atomic E-state index is 0.0286. The molecule has 166 valence electrons. The molecule has 1 N–H and O–H groups in total. The predicted octanol–water partition coefficient (Wildman–Crippen LogP) is 2.68. The number of hydrogen-bond donors (Lipinski definition) is 1. The van der Waals surface area contributed by atoms with Gasteiger partial charge in [0, 0.05) is 43.5 Å². The normalized spacial score (nSPS) is 14.4. The highest BCUT2D eigenvalue weighted by atomic mass is 16.5. The van der Waals surface area contributed by atoms with Gasteiger partial charge >= 0.3 is 0 Å². The molecule has 9 nitrogen and oxygen atoms in total. The molecule has 1 amide bonds. The topological polar surface area (TPSA) is 92.2 Å². The van der Waals surface area contributed by atoms with Crippen molar-refractivity contribution < 1.29 is 9.53 Å². The quantitative estimate of drug-likeness (QED) is 0.503. The first-order valence-corrected chi connectivity index (χ1v) is 11.1. The molecule has 4 heterocycles. The summed E-state index contributed by atoms with van der Waals surface area (Å²) in [6, 6.07) is 8.29. The van der Waals surface area contributed by atoms with E-state index in [0.29, 0.717) is 37.9 Å². The summed E-state index contributed by atoms with van der Waals surface area (Å²) < 4.78 is 7.20. The first-order chi connectivity index (χ1) is 15.7. The molecule has 0 saturated carbocycles. The minimum Gasteiger partial charge on any atom is -0.378 e. The third kappa shape index (κ3) is 3.69. The third-order valence-corrected chi connectivity index (χ3v) is 6.01. The average molecular weight is 434 g/mol. The smallest absolute Gasteiger partial charge is 0.244 e. The van der Waals surface area contributed by atoms with Gasteiger partial charge in [-0.15, -0.1) is 0 Å². The first kappa shape index (κ1) is 20.4. The molecule has 3 aromatic heterocycles. The number of carbonyl (C=O) groups is 1. The van der Waals surface area contributed by atoms with Gasteiger partial charge in [0.15, 0.2) is 5.65 Å². The van der Waals surface area contributed by atoms with Crippen LogP contribution in [0, 0.1) is 0 Å². The molecule has 0 atom stereocenters. The van der Waals surface area contributed by atoms with Crippen molar-refractivity contribution in [3.05, 3.63) is 36.7 Å². The fraction of sp³-hybridized carbons (Fsp3) is 0.391. The lowest BCUT2D eigenvalue weighted by molar-refractivity contribution is -0.131. The number of aromatic nitrogens is 5. The molecule has 1 aromatic carbocycles. The number of morpholine rings is 1. The zero-order valence-electron chi connectivity index (χ0n) is 18.4. The summed E-state index contributed by atoms with van der Waals surface area (Å²) in [6.45, 7) is 8.20. The molecule has 0 radical (unpaired) electrons. The molecule has 0 aliphatic carbocycles. The van der Waals surface area contributed by atoms with Gasteiger partial charge in [-0.05, 0) is 31.4 Å². The Balaban J connectivity index is 1.63. The lowest BCUT2D eigenvalue weighted by Gasteiger charge is -2.27. The molecule has 0 unspecified atom stereocenters. The average Bonchev–Trinajstić information content (AvgIpc) is 3.46. The van der Waals surface area contributed by atoms with E-state index in [1.165, 1.54) is 0 Å². The summed E-state index contributed by atoms with van der Waals surface area (Å²) in [6.07, 6.45) is 3.70. The summed E-state index contributed by atoms with van der Waals surface area (Å²) >= 11 is 0. The predicted molar refractivity (Wildman–Crippen MR) is 124 cm³/mol. The standard InChI is InChI=1S/C23H27N7O2/c1-3-28(4-2)20(31)15-30-22-18(14-25-30)21(17-6-5-16-7-8-24-19(16)13-17)26-23(27-22)29-9-11-32-12-10-29/h5-8,13-14,24H,3-4,9-12,15H2,1-2H3. The number of benzene rings is 1. The van der Waals surface area contributed by atoms with E-state index in [2.05, 4.69) is 33.2 Å². The maximum Gasteiger partial charge on any atom is 0.244 e. The van der Waals surface area contributed by atoms with Crippen LogP contribution in [-0.2, 0) is 16.1 Å². The Labute approximate surface area is 186 Å². The van der Waals surface area contributed by atoms with Crippen molar-refractivity contribution in [2.24, 2.45) is 0 Å². The van der Waals surface area contributed by atoms with Crippen LogP contribution < -0.4 is 4.90 Å². The van der Waals surface area contributed by atoms with Crippen molar-refractivity contribution >= 4 is 33.8 Å². The number of aromatic amines is 1. The minimum atomic E-state index is 0.0286. The molecular weight excluding hydrogens is 406 g/mol. The van der Waals surface area contributed by atoms with Crippen molar-refractivity contribution in [2.75, 3.05) is 44.3 Å². The summed E-state index contributed by atoms with van der Waals surface area (Å²) in [5, 5.41) is 6.51. The highest BCUT2D eigenvalue weighted by Gasteiger charge is 2.21. The number of anilines is 1. The number of hydrogen-bond acceptors (Lipinski definition) is 6. The monoisotopic (exact) mass is 433 g/mol. The Morgan fingerprint density at radius 2 is 1.97 bits per heavy atom. The summed E-state index contributed by atoms with van der Waals surface area (Å²) in [5.74, 6) is 0.667. The van der Waals surface area contributed by atoms with Crippen molar-refractivity contribution in [3.63, 3.8) is 0 Å².